The van der Waals surface area contributed by atoms with Crippen LogP contribution in [0.4, 0.5) is 0 Å². The van der Waals surface area contributed by atoms with Crippen LogP contribution in [0, 0.1) is 0 Å². The Morgan fingerprint density at radius 1 is 1.47 bits per heavy atom. The third kappa shape index (κ3) is 1.80. The summed E-state index contributed by atoms with van der Waals surface area (Å²) in [5.74, 6) is -0.537. The molecule has 1 amide bonds. The minimum Gasteiger partial charge on any atom is -0.365 e. The summed E-state index contributed by atoms with van der Waals surface area (Å²) in [5.41, 5.74) is 7.23. The number of aldehydes is 1. The number of pyridine rings is 1. The molecule has 0 saturated carbocycles. The second kappa shape index (κ2) is 4.01. The molecule has 17 heavy (non-hydrogen) atoms. The molecule has 0 bridgehead atoms. The van der Waals surface area contributed by atoms with Crippen molar-refractivity contribution in [1.29, 1.82) is 0 Å². The number of hydrogen-bond donors (Lipinski definition) is 1. The van der Waals surface area contributed by atoms with Gasteiger partial charge < -0.3 is 10.3 Å². The molecule has 2 aromatic rings. The van der Waals surface area contributed by atoms with E-state index in [9.17, 15) is 9.59 Å². The third-order valence-electron chi connectivity index (χ3n) is 2.64. The first-order valence-electron chi connectivity index (χ1n) is 5.31. The first kappa shape index (κ1) is 11.3. The number of rotatable bonds is 3. The maximum absolute atomic E-state index is 11.3. The molecule has 2 N–H and O–H groups in total. The van der Waals surface area contributed by atoms with E-state index in [1.54, 1.807) is 18.3 Å². The number of nitrogens with two attached hydrogens (primary N) is 1. The van der Waals surface area contributed by atoms with E-state index in [1.807, 2.05) is 18.4 Å². The van der Waals surface area contributed by atoms with Crippen molar-refractivity contribution in [2.24, 2.45) is 5.73 Å². The molecule has 0 fully saturated rings. The largest absolute Gasteiger partial charge is 0.365 e. The van der Waals surface area contributed by atoms with Crippen LogP contribution in [0.5, 0.6) is 0 Å². The monoisotopic (exact) mass is 231 g/mol. The Hall–Kier alpha value is -2.17. The van der Waals surface area contributed by atoms with Crippen LogP contribution in [-0.4, -0.2) is 21.7 Å². The van der Waals surface area contributed by atoms with Gasteiger partial charge in [0, 0.05) is 12.2 Å². The summed E-state index contributed by atoms with van der Waals surface area (Å²) in [4.78, 5) is 26.1. The van der Waals surface area contributed by atoms with Crippen molar-refractivity contribution in [2.45, 2.75) is 19.9 Å². The lowest BCUT2D eigenvalue weighted by Gasteiger charge is -2.08. The number of carbonyl (C=O) groups excluding carboxylic acids is 2. The van der Waals surface area contributed by atoms with E-state index in [0.717, 1.165) is 5.52 Å². The molecule has 0 aliphatic heterocycles. The summed E-state index contributed by atoms with van der Waals surface area (Å²) in [5, 5.41) is 0. The Kier molecular flexibility index (Phi) is 2.67. The highest BCUT2D eigenvalue weighted by Crippen LogP contribution is 2.23. The minimum absolute atomic E-state index is 0.189. The van der Waals surface area contributed by atoms with E-state index in [0.29, 0.717) is 23.1 Å². The lowest BCUT2D eigenvalue weighted by Crippen LogP contribution is -2.10. The van der Waals surface area contributed by atoms with Crippen molar-refractivity contribution in [1.82, 2.24) is 9.55 Å². The van der Waals surface area contributed by atoms with Gasteiger partial charge in [-0.2, -0.15) is 0 Å². The van der Waals surface area contributed by atoms with E-state index >= 15 is 0 Å². The second-order valence-electron chi connectivity index (χ2n) is 4.13. The fraction of sp³-hybridized carbons (Fsp3) is 0.250. The molecule has 5 nitrogen and oxygen atoms in total. The first-order chi connectivity index (χ1) is 8.04. The molecule has 88 valence electrons. The van der Waals surface area contributed by atoms with Gasteiger partial charge in [-0.25, -0.2) is 4.98 Å². The lowest BCUT2D eigenvalue weighted by molar-refractivity contribution is 0.100. The third-order valence-corrected chi connectivity index (χ3v) is 2.64. The highest BCUT2D eigenvalue weighted by Gasteiger charge is 2.15. The quantitative estimate of drug-likeness (QED) is 0.813. The summed E-state index contributed by atoms with van der Waals surface area (Å²) < 4.78 is 1.91. The number of carbonyl (C=O) groups is 2. The molecule has 0 aliphatic carbocycles. The maximum Gasteiger partial charge on any atom is 0.252 e. The molecule has 0 radical (unpaired) electrons. The minimum atomic E-state index is -0.537. The van der Waals surface area contributed by atoms with Crippen LogP contribution in [0.15, 0.2) is 18.3 Å². The van der Waals surface area contributed by atoms with Gasteiger partial charge in [-0.3, -0.25) is 9.59 Å². The molecule has 0 aliphatic rings. The van der Waals surface area contributed by atoms with Gasteiger partial charge in [-0.05, 0) is 26.0 Å². The van der Waals surface area contributed by atoms with Crippen LogP contribution < -0.4 is 5.73 Å². The zero-order valence-electron chi connectivity index (χ0n) is 9.68. The van der Waals surface area contributed by atoms with Gasteiger partial charge in [-0.15, -0.1) is 0 Å². The Bertz CT molecular complexity index is 599. The van der Waals surface area contributed by atoms with Gasteiger partial charge in [0.1, 0.15) is 11.2 Å². The summed E-state index contributed by atoms with van der Waals surface area (Å²) in [6, 6.07) is 3.59. The average Bonchev–Trinajstić information content (AvgIpc) is 2.67. The van der Waals surface area contributed by atoms with Crippen molar-refractivity contribution >= 4 is 23.2 Å². The Balaban J connectivity index is 2.81. The fourth-order valence-corrected chi connectivity index (χ4v) is 1.82. The Labute approximate surface area is 98.2 Å². The zero-order chi connectivity index (χ0) is 12.6. The van der Waals surface area contributed by atoms with Crippen molar-refractivity contribution < 1.29 is 9.59 Å². The molecular weight excluding hydrogens is 218 g/mol. The topological polar surface area (TPSA) is 78.0 Å². The van der Waals surface area contributed by atoms with E-state index < -0.39 is 5.91 Å². The van der Waals surface area contributed by atoms with Crippen molar-refractivity contribution in [3.63, 3.8) is 0 Å². The van der Waals surface area contributed by atoms with E-state index in [2.05, 4.69) is 4.98 Å². The number of fused-ring (bicyclic) bond motifs is 1. The predicted octanol–water partition coefficient (Wildman–Crippen LogP) is 1.53. The Morgan fingerprint density at radius 2 is 2.18 bits per heavy atom. The predicted molar refractivity (Wildman–Crippen MR) is 64.0 cm³/mol. The zero-order valence-corrected chi connectivity index (χ0v) is 9.68. The van der Waals surface area contributed by atoms with Gasteiger partial charge in [0.2, 0.25) is 0 Å². The van der Waals surface area contributed by atoms with Crippen molar-refractivity contribution in [3.05, 3.63) is 29.6 Å². The van der Waals surface area contributed by atoms with E-state index in [4.69, 9.17) is 5.73 Å². The average molecular weight is 231 g/mol. The number of nitrogens with zero attached hydrogens (tertiary/aromatic N) is 2. The SMILES string of the molecule is CC(C)n1cc(C(N)=O)c2nc(C=O)ccc21. The van der Waals surface area contributed by atoms with Gasteiger partial charge in [0.25, 0.3) is 5.91 Å². The van der Waals surface area contributed by atoms with Gasteiger partial charge in [0.15, 0.2) is 6.29 Å². The molecule has 0 atom stereocenters. The van der Waals surface area contributed by atoms with Crippen molar-refractivity contribution in [2.75, 3.05) is 0 Å². The first-order valence-corrected chi connectivity index (χ1v) is 5.31. The van der Waals surface area contributed by atoms with Crippen molar-refractivity contribution in [3.8, 4) is 0 Å². The Morgan fingerprint density at radius 3 is 2.71 bits per heavy atom. The standard InChI is InChI=1S/C12H13N3O2/c1-7(2)15-5-9(12(13)17)11-10(15)4-3-8(6-16)14-11/h3-7H,1-2H3,(H2,13,17). The number of hydrogen-bond acceptors (Lipinski definition) is 3. The highest BCUT2D eigenvalue weighted by molar-refractivity contribution is 6.05. The van der Waals surface area contributed by atoms with Gasteiger partial charge in [-0.1, -0.05) is 0 Å². The van der Waals surface area contributed by atoms with Crippen LogP contribution in [0.3, 0.4) is 0 Å². The van der Waals surface area contributed by atoms with Crippen LogP contribution >= 0.6 is 0 Å². The summed E-state index contributed by atoms with van der Waals surface area (Å²) >= 11 is 0. The molecule has 5 heteroatoms. The highest BCUT2D eigenvalue weighted by atomic mass is 16.1. The molecule has 2 rings (SSSR count). The van der Waals surface area contributed by atoms with Gasteiger partial charge in [0.05, 0.1) is 11.1 Å². The fourth-order valence-electron chi connectivity index (χ4n) is 1.82. The molecule has 0 spiro atoms. The van der Waals surface area contributed by atoms with Gasteiger partial charge >= 0.3 is 0 Å². The molecular formula is C12H13N3O2. The van der Waals surface area contributed by atoms with Crippen LogP contribution in [0.2, 0.25) is 0 Å². The maximum atomic E-state index is 11.3. The van der Waals surface area contributed by atoms with E-state index in [-0.39, 0.29) is 6.04 Å². The number of amides is 1. The molecule has 0 aromatic carbocycles. The molecule has 0 saturated heterocycles. The van der Waals surface area contributed by atoms with Crippen LogP contribution in [0.1, 0.15) is 40.7 Å². The second-order valence-corrected chi connectivity index (χ2v) is 4.13. The lowest BCUT2D eigenvalue weighted by atomic mass is 10.2. The summed E-state index contributed by atoms with van der Waals surface area (Å²) in [6.07, 6.45) is 2.33. The summed E-state index contributed by atoms with van der Waals surface area (Å²) in [6.45, 7) is 4.00. The summed E-state index contributed by atoms with van der Waals surface area (Å²) in [7, 11) is 0. The van der Waals surface area contributed by atoms with Crippen LogP contribution in [-0.2, 0) is 0 Å². The normalized spacial score (nSPS) is 11.0. The van der Waals surface area contributed by atoms with Crippen LogP contribution in [0.25, 0.3) is 11.0 Å². The molecule has 2 heterocycles. The number of primary amides is 1. The number of aromatic nitrogens is 2. The van der Waals surface area contributed by atoms with E-state index in [1.165, 1.54) is 0 Å². The molecule has 0 unspecified atom stereocenters. The molecule has 2 aromatic heterocycles. The smallest absolute Gasteiger partial charge is 0.252 e.